The van der Waals surface area contributed by atoms with E-state index in [-0.39, 0.29) is 6.29 Å². The molecule has 1 aromatic carbocycles. The normalized spacial score (nSPS) is 16.8. The maximum Gasteiger partial charge on any atom is 0.212 e. The number of nitriles is 1. The quantitative estimate of drug-likeness (QED) is 0.933. The van der Waals surface area contributed by atoms with E-state index in [4.69, 9.17) is 5.26 Å². The minimum atomic E-state index is -0.274. The third-order valence-electron chi connectivity index (χ3n) is 3.16. The van der Waals surface area contributed by atoms with Gasteiger partial charge in [0.05, 0.1) is 11.6 Å². The Morgan fingerprint density at radius 1 is 1.29 bits per heavy atom. The first kappa shape index (κ1) is 12.9. The van der Waals surface area contributed by atoms with E-state index < -0.39 is 0 Å². The van der Waals surface area contributed by atoms with Crippen molar-refractivity contribution in [3.63, 3.8) is 0 Å². The lowest BCUT2D eigenvalue weighted by molar-refractivity contribution is 0.717. The second-order valence-corrected chi connectivity index (χ2v) is 4.59. The minimum absolute atomic E-state index is 0.274. The molecule has 0 radical (unpaired) electrons. The van der Waals surface area contributed by atoms with Crippen LogP contribution in [0.2, 0.25) is 0 Å². The van der Waals surface area contributed by atoms with Crippen molar-refractivity contribution in [1.29, 1.82) is 5.26 Å². The highest BCUT2D eigenvalue weighted by Gasteiger charge is 2.20. The molecule has 0 bridgehead atoms. The van der Waals surface area contributed by atoms with Gasteiger partial charge in [0.25, 0.3) is 0 Å². The number of aromatic nitrogens is 2. The van der Waals surface area contributed by atoms with Gasteiger partial charge in [-0.15, -0.1) is 0 Å². The number of rotatable bonds is 3. The number of aliphatic imine (C=N–C) groups is 1. The molecule has 0 amide bonds. The Morgan fingerprint density at radius 2 is 2.10 bits per heavy atom. The van der Waals surface area contributed by atoms with Gasteiger partial charge in [-0.3, -0.25) is 4.90 Å². The zero-order valence-corrected chi connectivity index (χ0v) is 11.5. The SMILES string of the molecule is Cn1ccnc1N1C=CC=NC1Nc1ccc(C#N)cc1. The Kier molecular flexibility index (Phi) is 3.39. The summed E-state index contributed by atoms with van der Waals surface area (Å²) in [7, 11) is 1.94. The van der Waals surface area contributed by atoms with E-state index in [0.717, 1.165) is 11.6 Å². The molecular formula is C15H14N6. The monoisotopic (exact) mass is 278 g/mol. The molecule has 1 unspecified atom stereocenters. The van der Waals surface area contributed by atoms with Crippen LogP contribution in [-0.2, 0) is 7.05 Å². The largest absolute Gasteiger partial charge is 0.346 e. The van der Waals surface area contributed by atoms with Crippen molar-refractivity contribution in [2.75, 3.05) is 10.2 Å². The van der Waals surface area contributed by atoms with Gasteiger partial charge in [0.15, 0.2) is 0 Å². The third kappa shape index (κ3) is 2.62. The number of imidazole rings is 1. The van der Waals surface area contributed by atoms with Gasteiger partial charge in [0.1, 0.15) is 0 Å². The lowest BCUT2D eigenvalue weighted by Crippen LogP contribution is -2.38. The van der Waals surface area contributed by atoms with Crippen LogP contribution >= 0.6 is 0 Å². The van der Waals surface area contributed by atoms with E-state index >= 15 is 0 Å². The number of nitrogens with one attached hydrogen (secondary N) is 1. The fourth-order valence-corrected chi connectivity index (χ4v) is 2.10. The van der Waals surface area contributed by atoms with Crippen LogP contribution in [0.1, 0.15) is 5.56 Å². The number of hydrogen-bond acceptors (Lipinski definition) is 5. The molecule has 3 rings (SSSR count). The van der Waals surface area contributed by atoms with Crippen LogP contribution in [0.3, 0.4) is 0 Å². The van der Waals surface area contributed by atoms with Gasteiger partial charge in [-0.1, -0.05) is 0 Å². The highest BCUT2D eigenvalue weighted by atomic mass is 15.4. The second-order valence-electron chi connectivity index (χ2n) is 4.59. The van der Waals surface area contributed by atoms with E-state index in [9.17, 15) is 0 Å². The van der Waals surface area contributed by atoms with Gasteiger partial charge in [-0.05, 0) is 30.3 Å². The zero-order chi connectivity index (χ0) is 14.7. The average molecular weight is 278 g/mol. The molecular weight excluding hydrogens is 264 g/mol. The molecule has 0 fully saturated rings. The van der Waals surface area contributed by atoms with Gasteiger partial charge >= 0.3 is 0 Å². The number of benzene rings is 1. The van der Waals surface area contributed by atoms with Gasteiger partial charge < -0.3 is 9.88 Å². The summed E-state index contributed by atoms with van der Waals surface area (Å²) in [6.45, 7) is 0. The maximum absolute atomic E-state index is 8.83. The molecule has 0 aliphatic carbocycles. The number of aryl methyl sites for hydroxylation is 1. The second kappa shape index (κ2) is 5.51. The number of anilines is 2. The highest BCUT2D eigenvalue weighted by Crippen LogP contribution is 2.19. The first-order valence-electron chi connectivity index (χ1n) is 6.50. The molecule has 1 aliphatic heterocycles. The molecule has 2 heterocycles. The zero-order valence-electron chi connectivity index (χ0n) is 11.5. The minimum Gasteiger partial charge on any atom is -0.346 e. The number of nitrogens with zero attached hydrogens (tertiary/aromatic N) is 5. The van der Waals surface area contributed by atoms with E-state index in [2.05, 4.69) is 21.4 Å². The maximum atomic E-state index is 8.83. The first-order chi connectivity index (χ1) is 10.3. The summed E-state index contributed by atoms with van der Waals surface area (Å²) in [6.07, 6.45) is 8.91. The van der Waals surface area contributed by atoms with Crippen LogP contribution in [0.4, 0.5) is 11.6 Å². The molecule has 1 aliphatic rings. The molecule has 6 nitrogen and oxygen atoms in total. The predicted molar refractivity (Wildman–Crippen MR) is 81.9 cm³/mol. The average Bonchev–Trinajstić information content (AvgIpc) is 2.95. The van der Waals surface area contributed by atoms with Crippen molar-refractivity contribution >= 4 is 17.9 Å². The fourth-order valence-electron chi connectivity index (χ4n) is 2.10. The Bertz CT molecular complexity index is 719. The van der Waals surface area contributed by atoms with Crippen molar-refractivity contribution < 1.29 is 0 Å². The Hall–Kier alpha value is -3.07. The predicted octanol–water partition coefficient (Wildman–Crippen LogP) is 2.09. The van der Waals surface area contributed by atoms with Gasteiger partial charge in [0.2, 0.25) is 12.2 Å². The van der Waals surface area contributed by atoms with Crippen LogP contribution in [0.5, 0.6) is 0 Å². The van der Waals surface area contributed by atoms with E-state index in [1.807, 2.05) is 47.1 Å². The highest BCUT2D eigenvalue weighted by molar-refractivity contribution is 5.74. The summed E-state index contributed by atoms with van der Waals surface area (Å²) < 4.78 is 1.93. The Labute approximate surface area is 122 Å². The van der Waals surface area contributed by atoms with Crippen molar-refractivity contribution in [1.82, 2.24) is 9.55 Å². The summed E-state index contributed by atoms with van der Waals surface area (Å²) >= 11 is 0. The smallest absolute Gasteiger partial charge is 0.212 e. The van der Waals surface area contributed by atoms with Crippen molar-refractivity contribution in [2.24, 2.45) is 12.0 Å². The standard InChI is InChI=1S/C15H14N6/c1-20-10-8-18-15(20)21-9-2-7-17-14(21)19-13-5-3-12(11-16)4-6-13/h2-10,14,19H,1H3. The molecule has 0 saturated heterocycles. The van der Waals surface area contributed by atoms with Crippen LogP contribution in [0.25, 0.3) is 0 Å². The first-order valence-corrected chi connectivity index (χ1v) is 6.50. The fraction of sp³-hybridized carbons (Fsp3) is 0.133. The number of allylic oxidation sites excluding steroid dienone is 1. The van der Waals surface area contributed by atoms with Gasteiger partial charge in [0, 0.05) is 37.5 Å². The topological polar surface area (TPSA) is 69.2 Å². The van der Waals surface area contributed by atoms with Gasteiger partial charge in [-0.25, -0.2) is 9.98 Å². The van der Waals surface area contributed by atoms with Crippen LogP contribution < -0.4 is 10.2 Å². The van der Waals surface area contributed by atoms with Gasteiger partial charge in [-0.2, -0.15) is 5.26 Å². The summed E-state index contributed by atoms with van der Waals surface area (Å²) in [6, 6.07) is 9.38. The Balaban J connectivity index is 1.82. The Morgan fingerprint density at radius 3 is 2.76 bits per heavy atom. The van der Waals surface area contributed by atoms with Crippen molar-refractivity contribution in [3.05, 3.63) is 54.5 Å². The molecule has 1 N–H and O–H groups in total. The van der Waals surface area contributed by atoms with Crippen LogP contribution in [0, 0.1) is 11.3 Å². The summed E-state index contributed by atoms with van der Waals surface area (Å²) in [4.78, 5) is 10.7. The van der Waals surface area contributed by atoms with Crippen LogP contribution in [0.15, 0.2) is 53.9 Å². The lowest BCUT2D eigenvalue weighted by Gasteiger charge is -2.29. The van der Waals surface area contributed by atoms with Crippen molar-refractivity contribution in [3.8, 4) is 6.07 Å². The van der Waals surface area contributed by atoms with E-state index in [1.165, 1.54) is 0 Å². The molecule has 0 spiro atoms. The number of hydrogen-bond donors (Lipinski definition) is 1. The molecule has 0 saturated carbocycles. The summed E-state index contributed by atoms with van der Waals surface area (Å²) in [5, 5.41) is 12.1. The summed E-state index contributed by atoms with van der Waals surface area (Å²) in [5.74, 6) is 0.800. The lowest BCUT2D eigenvalue weighted by atomic mass is 10.2. The molecule has 2 aromatic rings. The van der Waals surface area contributed by atoms with Crippen LogP contribution in [-0.4, -0.2) is 22.1 Å². The molecule has 21 heavy (non-hydrogen) atoms. The van der Waals surface area contributed by atoms with E-state index in [0.29, 0.717) is 5.56 Å². The van der Waals surface area contributed by atoms with Crippen molar-refractivity contribution in [2.45, 2.75) is 6.29 Å². The van der Waals surface area contributed by atoms with E-state index in [1.54, 1.807) is 24.5 Å². The summed E-state index contributed by atoms with van der Waals surface area (Å²) in [5.41, 5.74) is 1.53. The molecule has 6 heteroatoms. The third-order valence-corrected chi connectivity index (χ3v) is 3.16. The molecule has 104 valence electrons. The molecule has 1 atom stereocenters. The molecule has 1 aromatic heterocycles.